The zero-order valence-electron chi connectivity index (χ0n) is 18.3. The molecular weight excluding hydrogens is 445 g/mol. The van der Waals surface area contributed by atoms with Crippen LogP contribution in [0.4, 0.5) is 10.2 Å². The molecule has 0 saturated carbocycles. The molecule has 9 heteroatoms. The first-order valence-electron chi connectivity index (χ1n) is 10.5. The van der Waals surface area contributed by atoms with Gasteiger partial charge in [-0.05, 0) is 48.4 Å². The van der Waals surface area contributed by atoms with Gasteiger partial charge in [-0.25, -0.2) is 17.8 Å². The predicted molar refractivity (Wildman–Crippen MR) is 123 cm³/mol. The smallest absolute Gasteiger partial charge is 0.254 e. The number of nitrogens with two attached hydrogens (primary N) is 1. The minimum atomic E-state index is -3.75. The molecular formula is C24H24FN3O4S. The van der Waals surface area contributed by atoms with Crippen LogP contribution in [0.15, 0.2) is 53.6 Å². The molecule has 0 spiro atoms. The SMILES string of the molecule is CCc1c(C(=O)N2CCOc3ccc(-c4ccc(N)nc4)cc3C2)ccc(S(C)(=O)=O)c1F. The summed E-state index contributed by atoms with van der Waals surface area (Å²) < 4.78 is 44.6. The van der Waals surface area contributed by atoms with Crippen molar-refractivity contribution < 1.29 is 22.3 Å². The Labute approximate surface area is 191 Å². The molecule has 172 valence electrons. The molecule has 0 saturated heterocycles. The molecule has 1 amide bonds. The molecule has 2 N–H and O–H groups in total. The summed E-state index contributed by atoms with van der Waals surface area (Å²) in [6.45, 7) is 2.55. The Morgan fingerprint density at radius 3 is 2.61 bits per heavy atom. The molecule has 1 aromatic heterocycles. The quantitative estimate of drug-likeness (QED) is 0.628. The first-order chi connectivity index (χ1) is 15.7. The van der Waals surface area contributed by atoms with Gasteiger partial charge in [-0.2, -0.15) is 0 Å². The highest BCUT2D eigenvalue weighted by atomic mass is 32.2. The van der Waals surface area contributed by atoms with Crippen LogP contribution < -0.4 is 10.5 Å². The zero-order chi connectivity index (χ0) is 23.8. The first-order valence-corrected chi connectivity index (χ1v) is 12.4. The highest BCUT2D eigenvalue weighted by molar-refractivity contribution is 7.90. The van der Waals surface area contributed by atoms with Crippen molar-refractivity contribution in [1.29, 1.82) is 0 Å². The van der Waals surface area contributed by atoms with Crippen LogP contribution in [0.25, 0.3) is 11.1 Å². The lowest BCUT2D eigenvalue weighted by molar-refractivity contribution is 0.0731. The lowest BCUT2D eigenvalue weighted by atomic mass is 10.0. The number of pyridine rings is 1. The molecule has 0 unspecified atom stereocenters. The van der Waals surface area contributed by atoms with E-state index in [2.05, 4.69) is 4.98 Å². The van der Waals surface area contributed by atoms with E-state index < -0.39 is 20.5 Å². The summed E-state index contributed by atoms with van der Waals surface area (Å²) >= 11 is 0. The fourth-order valence-electron chi connectivity index (χ4n) is 3.93. The van der Waals surface area contributed by atoms with Crippen LogP contribution in [0.2, 0.25) is 0 Å². The number of rotatable bonds is 4. The number of sulfone groups is 1. The number of carbonyl (C=O) groups is 1. The van der Waals surface area contributed by atoms with Gasteiger partial charge in [0.1, 0.15) is 28.9 Å². The second kappa shape index (κ2) is 8.82. The second-order valence-electron chi connectivity index (χ2n) is 7.90. The Morgan fingerprint density at radius 2 is 1.94 bits per heavy atom. The van der Waals surface area contributed by atoms with Crippen LogP contribution in [0, 0.1) is 5.82 Å². The Bertz CT molecular complexity index is 1320. The van der Waals surface area contributed by atoms with E-state index in [-0.39, 0.29) is 36.6 Å². The number of aromatic nitrogens is 1. The van der Waals surface area contributed by atoms with Crippen LogP contribution >= 0.6 is 0 Å². The summed E-state index contributed by atoms with van der Waals surface area (Å²) in [7, 11) is -3.75. The van der Waals surface area contributed by atoms with Crippen molar-refractivity contribution in [3.05, 3.63) is 71.2 Å². The number of anilines is 1. The van der Waals surface area contributed by atoms with Crippen molar-refractivity contribution in [1.82, 2.24) is 9.88 Å². The Hall–Kier alpha value is -3.46. The van der Waals surface area contributed by atoms with E-state index >= 15 is 0 Å². The van der Waals surface area contributed by atoms with Crippen LogP contribution in [0.1, 0.15) is 28.4 Å². The molecule has 0 radical (unpaired) electrons. The fourth-order valence-corrected chi connectivity index (χ4v) is 4.69. The molecule has 4 rings (SSSR count). The van der Waals surface area contributed by atoms with Gasteiger partial charge in [0.25, 0.3) is 5.91 Å². The third-order valence-electron chi connectivity index (χ3n) is 5.64. The minimum absolute atomic E-state index is 0.0926. The first kappa shape index (κ1) is 22.7. The Morgan fingerprint density at radius 1 is 1.18 bits per heavy atom. The van der Waals surface area contributed by atoms with E-state index in [0.717, 1.165) is 29.0 Å². The molecule has 3 aromatic rings. The molecule has 0 aliphatic carbocycles. The van der Waals surface area contributed by atoms with Crippen molar-refractivity contribution in [2.24, 2.45) is 0 Å². The number of benzene rings is 2. The maximum Gasteiger partial charge on any atom is 0.254 e. The van der Waals surface area contributed by atoms with Gasteiger partial charge in [-0.1, -0.05) is 13.0 Å². The Balaban J connectivity index is 1.68. The van der Waals surface area contributed by atoms with Gasteiger partial charge in [0.2, 0.25) is 0 Å². The topological polar surface area (TPSA) is 103 Å². The van der Waals surface area contributed by atoms with E-state index in [1.807, 2.05) is 24.3 Å². The highest BCUT2D eigenvalue weighted by Gasteiger charge is 2.27. The summed E-state index contributed by atoms with van der Waals surface area (Å²) in [6.07, 6.45) is 2.81. The third kappa shape index (κ3) is 4.54. The molecule has 1 aliphatic rings. The highest BCUT2D eigenvalue weighted by Crippen LogP contribution is 2.31. The lowest BCUT2D eigenvalue weighted by Gasteiger charge is -2.22. The van der Waals surface area contributed by atoms with Crippen molar-refractivity contribution >= 4 is 21.6 Å². The summed E-state index contributed by atoms with van der Waals surface area (Å²) in [5, 5.41) is 0. The van der Waals surface area contributed by atoms with Crippen molar-refractivity contribution in [3.8, 4) is 16.9 Å². The fraction of sp³-hybridized carbons (Fsp3) is 0.250. The van der Waals surface area contributed by atoms with Gasteiger partial charge < -0.3 is 15.4 Å². The molecule has 33 heavy (non-hydrogen) atoms. The van der Waals surface area contributed by atoms with Crippen molar-refractivity contribution in [2.45, 2.75) is 24.8 Å². The number of hydrogen-bond acceptors (Lipinski definition) is 6. The normalized spacial score (nSPS) is 13.7. The molecule has 7 nitrogen and oxygen atoms in total. The van der Waals surface area contributed by atoms with Crippen molar-refractivity contribution in [2.75, 3.05) is 25.1 Å². The standard InChI is InChI=1S/C24H24FN3O4S/c1-3-18-19(6-8-21(23(18)25)33(2,30)31)24(29)28-10-11-32-20-7-4-15(12-17(20)14-28)16-5-9-22(26)27-13-16/h4-9,12-13H,3,10-11,14H2,1-2H3,(H2,26,27). The van der Waals surface area contributed by atoms with Gasteiger partial charge >= 0.3 is 0 Å². The van der Waals surface area contributed by atoms with Gasteiger partial charge in [0, 0.05) is 41.3 Å². The largest absolute Gasteiger partial charge is 0.491 e. The Kier molecular flexibility index (Phi) is 6.07. The minimum Gasteiger partial charge on any atom is -0.491 e. The van der Waals surface area contributed by atoms with E-state index in [1.165, 1.54) is 6.07 Å². The monoisotopic (exact) mass is 469 g/mol. The number of hydrogen-bond donors (Lipinski definition) is 1. The summed E-state index contributed by atoms with van der Waals surface area (Å²) in [6, 6.07) is 11.8. The van der Waals surface area contributed by atoms with Crippen LogP contribution in [-0.2, 0) is 22.8 Å². The van der Waals surface area contributed by atoms with E-state index in [1.54, 1.807) is 24.1 Å². The molecule has 1 aliphatic heterocycles. The average molecular weight is 470 g/mol. The van der Waals surface area contributed by atoms with Gasteiger partial charge in [-0.3, -0.25) is 4.79 Å². The number of halogens is 1. The lowest BCUT2D eigenvalue weighted by Crippen LogP contribution is -2.33. The van der Waals surface area contributed by atoms with Crippen LogP contribution in [0.5, 0.6) is 5.75 Å². The third-order valence-corrected chi connectivity index (χ3v) is 6.75. The number of fused-ring (bicyclic) bond motifs is 1. The number of nitrogens with zero attached hydrogens (tertiary/aromatic N) is 2. The summed E-state index contributed by atoms with van der Waals surface area (Å²) in [4.78, 5) is 18.7. The number of carbonyl (C=O) groups excluding carboxylic acids is 1. The van der Waals surface area contributed by atoms with E-state index in [4.69, 9.17) is 10.5 Å². The van der Waals surface area contributed by atoms with Gasteiger partial charge in [0.05, 0.1) is 6.54 Å². The summed E-state index contributed by atoms with van der Waals surface area (Å²) in [5.74, 6) is -0.140. The van der Waals surface area contributed by atoms with E-state index in [0.29, 0.717) is 18.1 Å². The number of amides is 1. The number of ether oxygens (including phenoxy) is 1. The van der Waals surface area contributed by atoms with Crippen molar-refractivity contribution in [3.63, 3.8) is 0 Å². The maximum absolute atomic E-state index is 15.0. The molecule has 0 fully saturated rings. The van der Waals surface area contributed by atoms with Crippen LogP contribution in [0.3, 0.4) is 0 Å². The van der Waals surface area contributed by atoms with Gasteiger partial charge in [-0.15, -0.1) is 0 Å². The second-order valence-corrected chi connectivity index (χ2v) is 9.88. The van der Waals surface area contributed by atoms with Crippen LogP contribution in [-0.4, -0.2) is 43.6 Å². The van der Waals surface area contributed by atoms with Gasteiger partial charge in [0.15, 0.2) is 9.84 Å². The summed E-state index contributed by atoms with van der Waals surface area (Å²) in [5.41, 5.74) is 8.51. The number of nitrogen functional groups attached to an aromatic ring is 1. The zero-order valence-corrected chi connectivity index (χ0v) is 19.2. The average Bonchev–Trinajstić information content (AvgIpc) is 3.00. The molecule has 0 atom stereocenters. The molecule has 0 bridgehead atoms. The predicted octanol–water partition coefficient (Wildman–Crippen LogP) is 3.47. The molecule has 2 aromatic carbocycles. The van der Waals surface area contributed by atoms with E-state index in [9.17, 15) is 17.6 Å². The maximum atomic E-state index is 15.0. The molecule has 2 heterocycles.